The van der Waals surface area contributed by atoms with E-state index in [0.29, 0.717) is 48.8 Å². The molecule has 174 valence electrons. The van der Waals surface area contributed by atoms with E-state index in [-0.39, 0.29) is 18.3 Å². The zero-order valence-electron chi connectivity index (χ0n) is 18.9. The van der Waals surface area contributed by atoms with Crippen LogP contribution in [0, 0.1) is 13.8 Å². The topological polar surface area (TPSA) is 116 Å². The fraction of sp³-hybridized carbons (Fsp3) is 0.280. The van der Waals surface area contributed by atoms with Gasteiger partial charge in [-0.2, -0.15) is 0 Å². The molecule has 0 aliphatic carbocycles. The summed E-state index contributed by atoms with van der Waals surface area (Å²) in [7, 11) is 0. The maximum absolute atomic E-state index is 12.7. The average Bonchev–Trinajstić information content (AvgIpc) is 3.25. The van der Waals surface area contributed by atoms with Gasteiger partial charge in [-0.05, 0) is 62.2 Å². The Kier molecular flexibility index (Phi) is 8.49. The van der Waals surface area contributed by atoms with E-state index >= 15 is 0 Å². The van der Waals surface area contributed by atoms with Gasteiger partial charge in [-0.1, -0.05) is 18.2 Å². The molecule has 8 heteroatoms. The van der Waals surface area contributed by atoms with Crippen molar-refractivity contribution in [2.75, 3.05) is 42.2 Å². The Morgan fingerprint density at radius 3 is 2.30 bits per heavy atom. The monoisotopic (exact) mass is 450 g/mol. The molecular formula is C25H30N4O4. The molecule has 5 N–H and O–H groups in total. The van der Waals surface area contributed by atoms with Crippen molar-refractivity contribution in [2.24, 2.45) is 0 Å². The van der Waals surface area contributed by atoms with Gasteiger partial charge < -0.3 is 30.8 Å². The van der Waals surface area contributed by atoms with Crippen molar-refractivity contribution >= 4 is 28.9 Å². The summed E-state index contributed by atoms with van der Waals surface area (Å²) in [5.41, 5.74) is 3.79. The zero-order valence-corrected chi connectivity index (χ0v) is 18.9. The third kappa shape index (κ3) is 6.85. The van der Waals surface area contributed by atoms with Crippen LogP contribution in [0.3, 0.4) is 0 Å². The number of aryl methyl sites for hydroxylation is 2. The highest BCUT2D eigenvalue weighted by Gasteiger charge is 2.15. The molecule has 0 aliphatic heterocycles. The lowest BCUT2D eigenvalue weighted by molar-refractivity contribution is 0.0949. The van der Waals surface area contributed by atoms with E-state index in [9.17, 15) is 9.59 Å². The molecule has 0 bridgehead atoms. The highest BCUT2D eigenvalue weighted by molar-refractivity contribution is 6.05. The summed E-state index contributed by atoms with van der Waals surface area (Å²) >= 11 is 0. The summed E-state index contributed by atoms with van der Waals surface area (Å²) in [6.07, 6.45) is 0.473. The van der Waals surface area contributed by atoms with Gasteiger partial charge in [0.05, 0.1) is 11.4 Å². The molecule has 33 heavy (non-hydrogen) atoms. The van der Waals surface area contributed by atoms with Crippen molar-refractivity contribution in [3.63, 3.8) is 0 Å². The van der Waals surface area contributed by atoms with Crippen LogP contribution in [-0.2, 0) is 0 Å². The van der Waals surface area contributed by atoms with Crippen molar-refractivity contribution in [2.45, 2.75) is 20.3 Å². The third-order valence-corrected chi connectivity index (χ3v) is 5.02. The third-order valence-electron chi connectivity index (χ3n) is 5.02. The Morgan fingerprint density at radius 2 is 1.61 bits per heavy atom. The number of aliphatic hydroxyl groups excluding tert-OH is 1. The van der Waals surface area contributed by atoms with Gasteiger partial charge in [0.25, 0.3) is 11.8 Å². The van der Waals surface area contributed by atoms with Crippen molar-refractivity contribution in [1.29, 1.82) is 0 Å². The Labute approximate surface area is 193 Å². The molecular weight excluding hydrogens is 420 g/mol. The van der Waals surface area contributed by atoms with Gasteiger partial charge in [-0.25, -0.2) is 0 Å². The molecule has 0 spiro atoms. The molecule has 0 fully saturated rings. The molecule has 0 saturated carbocycles. The molecule has 2 aromatic carbocycles. The summed E-state index contributed by atoms with van der Waals surface area (Å²) in [5, 5.41) is 21.2. The number of rotatable bonds is 11. The second-order valence-corrected chi connectivity index (χ2v) is 7.63. The molecule has 3 rings (SSSR count). The van der Waals surface area contributed by atoms with E-state index in [1.165, 1.54) is 0 Å². The fourth-order valence-electron chi connectivity index (χ4n) is 3.23. The normalized spacial score (nSPS) is 10.5. The first-order valence-corrected chi connectivity index (χ1v) is 10.9. The Bertz CT molecular complexity index is 1090. The van der Waals surface area contributed by atoms with Crippen LogP contribution < -0.4 is 21.3 Å². The Hall–Kier alpha value is -3.78. The first-order chi connectivity index (χ1) is 16.0. The van der Waals surface area contributed by atoms with Gasteiger partial charge in [0.2, 0.25) is 0 Å². The molecule has 0 radical (unpaired) electrons. The fourth-order valence-corrected chi connectivity index (χ4v) is 3.23. The first-order valence-electron chi connectivity index (χ1n) is 10.9. The molecule has 0 unspecified atom stereocenters. The standard InChI is InChI=1S/C25H30N4O4/c1-17-6-3-4-7-20(17)26-13-14-27-21-10-9-19(24(31)28-12-5-15-30)16-22(21)29-25(32)23-11-8-18(2)33-23/h3-4,6-11,16,26-27,30H,5,12-15H2,1-2H3,(H,28,31)(H,29,32). The molecule has 3 aromatic rings. The molecule has 8 nitrogen and oxygen atoms in total. The zero-order chi connectivity index (χ0) is 23.6. The smallest absolute Gasteiger partial charge is 0.291 e. The number of hydrogen-bond donors (Lipinski definition) is 5. The number of aliphatic hydroxyl groups is 1. The van der Waals surface area contributed by atoms with Gasteiger partial charge in [0.15, 0.2) is 5.76 Å². The van der Waals surface area contributed by atoms with Gasteiger partial charge in [0, 0.05) is 37.5 Å². The second-order valence-electron chi connectivity index (χ2n) is 7.63. The summed E-state index contributed by atoms with van der Waals surface area (Å²) in [6, 6.07) is 16.5. The lowest BCUT2D eigenvalue weighted by Gasteiger charge is -2.15. The molecule has 1 heterocycles. The van der Waals surface area contributed by atoms with Crippen LogP contribution in [0.25, 0.3) is 0 Å². The van der Waals surface area contributed by atoms with Crippen LogP contribution in [0.4, 0.5) is 17.1 Å². The van der Waals surface area contributed by atoms with Crippen LogP contribution in [0.5, 0.6) is 0 Å². The number of benzene rings is 2. The highest BCUT2D eigenvalue weighted by Crippen LogP contribution is 2.24. The number of nitrogens with one attached hydrogen (secondary N) is 4. The predicted octanol–water partition coefficient (Wildman–Crippen LogP) is 3.78. The van der Waals surface area contributed by atoms with Gasteiger partial charge in [0.1, 0.15) is 5.76 Å². The van der Waals surface area contributed by atoms with Crippen molar-refractivity contribution < 1.29 is 19.1 Å². The van der Waals surface area contributed by atoms with E-state index < -0.39 is 5.91 Å². The second kappa shape index (κ2) is 11.7. The van der Waals surface area contributed by atoms with Crippen LogP contribution in [0.15, 0.2) is 59.0 Å². The van der Waals surface area contributed by atoms with Gasteiger partial charge in [-0.3, -0.25) is 9.59 Å². The molecule has 0 atom stereocenters. The highest BCUT2D eigenvalue weighted by atomic mass is 16.3. The summed E-state index contributed by atoms with van der Waals surface area (Å²) in [6.45, 7) is 5.45. The number of furan rings is 1. The van der Waals surface area contributed by atoms with Crippen LogP contribution in [0.1, 0.15) is 38.7 Å². The number of hydrogen-bond acceptors (Lipinski definition) is 6. The summed E-state index contributed by atoms with van der Waals surface area (Å²) in [5.74, 6) is 0.151. The maximum Gasteiger partial charge on any atom is 0.291 e. The average molecular weight is 451 g/mol. The quantitative estimate of drug-likeness (QED) is 0.284. The number of anilines is 3. The van der Waals surface area contributed by atoms with E-state index in [1.807, 2.05) is 31.2 Å². The van der Waals surface area contributed by atoms with Crippen molar-refractivity contribution in [3.8, 4) is 0 Å². The SMILES string of the molecule is Cc1ccc(C(=O)Nc2cc(C(=O)NCCCO)ccc2NCCNc2ccccc2C)o1. The van der Waals surface area contributed by atoms with E-state index in [2.05, 4.69) is 21.3 Å². The van der Waals surface area contributed by atoms with E-state index in [1.54, 1.807) is 37.3 Å². The predicted molar refractivity (Wildman–Crippen MR) is 130 cm³/mol. The Morgan fingerprint density at radius 1 is 0.848 bits per heavy atom. The molecule has 0 saturated heterocycles. The minimum Gasteiger partial charge on any atom is -0.456 e. The van der Waals surface area contributed by atoms with Crippen LogP contribution in [0.2, 0.25) is 0 Å². The van der Waals surface area contributed by atoms with Crippen molar-refractivity contribution in [1.82, 2.24) is 5.32 Å². The summed E-state index contributed by atoms with van der Waals surface area (Å²) in [4.78, 5) is 25.1. The van der Waals surface area contributed by atoms with E-state index in [4.69, 9.17) is 9.52 Å². The lowest BCUT2D eigenvalue weighted by Crippen LogP contribution is -2.25. The van der Waals surface area contributed by atoms with Crippen molar-refractivity contribution in [3.05, 3.63) is 77.2 Å². The van der Waals surface area contributed by atoms with E-state index in [0.717, 1.165) is 11.3 Å². The minimum absolute atomic E-state index is 0.00352. The molecule has 1 aromatic heterocycles. The first kappa shape index (κ1) is 23.9. The van der Waals surface area contributed by atoms with Crippen LogP contribution in [-0.4, -0.2) is 43.2 Å². The minimum atomic E-state index is -0.401. The van der Waals surface area contributed by atoms with Crippen LogP contribution >= 0.6 is 0 Å². The lowest BCUT2D eigenvalue weighted by atomic mass is 10.1. The number of carbonyl (C=O) groups excluding carboxylic acids is 2. The maximum atomic E-state index is 12.7. The largest absolute Gasteiger partial charge is 0.456 e. The molecule has 2 amide bonds. The van der Waals surface area contributed by atoms with Gasteiger partial charge in [-0.15, -0.1) is 0 Å². The number of carbonyl (C=O) groups is 2. The number of para-hydroxylation sites is 1. The summed E-state index contributed by atoms with van der Waals surface area (Å²) < 4.78 is 5.41. The molecule has 0 aliphatic rings. The van der Waals surface area contributed by atoms with Gasteiger partial charge >= 0.3 is 0 Å². The number of amides is 2. The Balaban J connectivity index is 1.70.